The fourth-order valence-corrected chi connectivity index (χ4v) is 2.92. The summed E-state index contributed by atoms with van der Waals surface area (Å²) in [4.78, 5) is 16.3. The zero-order valence-electron chi connectivity index (χ0n) is 16.4. The molecule has 3 rings (SSSR count). The Morgan fingerprint density at radius 1 is 0.879 bits per heavy atom. The van der Waals surface area contributed by atoms with Gasteiger partial charge < -0.3 is 10.1 Å². The number of benzene rings is 2. The SMILES string of the molecule is COc1cc(F)c(F)cc1-c1ccncc1NC(=O)c1cc(C(F)(F)F)cc(C(F)(F)F)c1. The lowest BCUT2D eigenvalue weighted by molar-refractivity contribution is -0.143. The van der Waals surface area contributed by atoms with Crippen molar-refractivity contribution in [3.05, 3.63) is 77.1 Å². The third-order valence-corrected chi connectivity index (χ3v) is 4.45. The lowest BCUT2D eigenvalue weighted by Gasteiger charge is -2.16. The molecule has 0 atom stereocenters. The van der Waals surface area contributed by atoms with Crippen molar-refractivity contribution in [3.63, 3.8) is 0 Å². The van der Waals surface area contributed by atoms with Gasteiger partial charge in [0.1, 0.15) is 5.75 Å². The fraction of sp³-hybridized carbons (Fsp3) is 0.143. The molecule has 1 aromatic heterocycles. The van der Waals surface area contributed by atoms with E-state index in [1.54, 1.807) is 0 Å². The number of amides is 1. The first-order valence-electron chi connectivity index (χ1n) is 8.89. The topological polar surface area (TPSA) is 51.2 Å². The molecular weight excluding hydrogens is 464 g/mol. The molecular formula is C21H12F8N2O2. The van der Waals surface area contributed by atoms with Gasteiger partial charge in [0.05, 0.1) is 30.1 Å². The van der Waals surface area contributed by atoms with Crippen LogP contribution in [-0.2, 0) is 12.4 Å². The largest absolute Gasteiger partial charge is 0.496 e. The van der Waals surface area contributed by atoms with Gasteiger partial charge in [-0.1, -0.05) is 0 Å². The zero-order valence-corrected chi connectivity index (χ0v) is 16.4. The highest BCUT2D eigenvalue weighted by Crippen LogP contribution is 2.38. The maximum atomic E-state index is 13.8. The van der Waals surface area contributed by atoms with E-state index in [1.165, 1.54) is 12.3 Å². The summed E-state index contributed by atoms with van der Waals surface area (Å²) < 4.78 is 111. The van der Waals surface area contributed by atoms with Crippen LogP contribution in [0.15, 0.2) is 48.8 Å². The van der Waals surface area contributed by atoms with E-state index < -0.39 is 46.6 Å². The van der Waals surface area contributed by atoms with Crippen molar-refractivity contribution in [3.8, 4) is 16.9 Å². The van der Waals surface area contributed by atoms with Crippen molar-refractivity contribution in [2.75, 3.05) is 12.4 Å². The number of methoxy groups -OCH3 is 1. The standard InChI is InChI=1S/C21H12F8N2O2/c1-33-18-8-16(23)15(22)7-14(18)13-2-3-30-9-17(13)31-19(32)10-4-11(20(24,25)26)6-12(5-10)21(27,28)29/h2-9H,1H3,(H,31,32). The number of aromatic nitrogens is 1. The van der Waals surface area contributed by atoms with Crippen molar-refractivity contribution >= 4 is 11.6 Å². The Bertz CT molecular complexity index is 1170. The highest BCUT2D eigenvalue weighted by Gasteiger charge is 2.37. The van der Waals surface area contributed by atoms with Crippen LogP contribution in [0, 0.1) is 11.6 Å². The summed E-state index contributed by atoms with van der Waals surface area (Å²) in [5.74, 6) is -3.94. The third kappa shape index (κ3) is 5.21. The summed E-state index contributed by atoms with van der Waals surface area (Å²) in [5.41, 5.74) is -4.49. The number of rotatable bonds is 4. The van der Waals surface area contributed by atoms with E-state index in [-0.39, 0.29) is 40.8 Å². The second kappa shape index (κ2) is 8.68. The molecule has 0 radical (unpaired) electrons. The Morgan fingerprint density at radius 2 is 1.45 bits per heavy atom. The van der Waals surface area contributed by atoms with Crippen LogP contribution in [0.25, 0.3) is 11.1 Å². The first kappa shape index (κ1) is 24.0. The van der Waals surface area contributed by atoms with Crippen molar-refractivity contribution in [2.45, 2.75) is 12.4 Å². The highest BCUT2D eigenvalue weighted by atomic mass is 19.4. The first-order valence-corrected chi connectivity index (χ1v) is 8.89. The minimum Gasteiger partial charge on any atom is -0.496 e. The predicted molar refractivity (Wildman–Crippen MR) is 101 cm³/mol. The predicted octanol–water partition coefficient (Wildman–Crippen LogP) is 6.33. The monoisotopic (exact) mass is 476 g/mol. The van der Waals surface area contributed by atoms with Crippen LogP contribution in [0.4, 0.5) is 40.8 Å². The molecule has 3 aromatic rings. The van der Waals surface area contributed by atoms with Crippen molar-refractivity contribution in [1.82, 2.24) is 4.98 Å². The Balaban J connectivity index is 2.07. The van der Waals surface area contributed by atoms with Crippen LogP contribution in [0.1, 0.15) is 21.5 Å². The molecule has 174 valence electrons. The number of ether oxygens (including phenoxy) is 1. The van der Waals surface area contributed by atoms with E-state index in [9.17, 15) is 39.9 Å². The number of nitrogens with one attached hydrogen (secondary N) is 1. The van der Waals surface area contributed by atoms with E-state index in [1.807, 2.05) is 0 Å². The van der Waals surface area contributed by atoms with Crippen molar-refractivity contribution in [1.29, 1.82) is 0 Å². The highest BCUT2D eigenvalue weighted by molar-refractivity contribution is 6.06. The number of carbonyl (C=O) groups is 1. The van der Waals surface area contributed by atoms with Gasteiger partial charge in [-0.05, 0) is 30.3 Å². The molecule has 0 saturated carbocycles. The van der Waals surface area contributed by atoms with Crippen LogP contribution in [-0.4, -0.2) is 18.0 Å². The van der Waals surface area contributed by atoms with Crippen molar-refractivity contribution in [2.24, 2.45) is 0 Å². The van der Waals surface area contributed by atoms with Gasteiger partial charge in [0, 0.05) is 29.0 Å². The molecule has 0 spiro atoms. The Labute approximate surface area is 180 Å². The number of anilines is 1. The van der Waals surface area contributed by atoms with Gasteiger partial charge in [0.2, 0.25) is 0 Å². The molecule has 1 amide bonds. The maximum absolute atomic E-state index is 13.8. The minimum absolute atomic E-state index is 0.0251. The summed E-state index contributed by atoms with van der Waals surface area (Å²) in [7, 11) is 1.16. The second-order valence-electron chi connectivity index (χ2n) is 6.64. The number of hydrogen-bond acceptors (Lipinski definition) is 3. The van der Waals surface area contributed by atoms with Gasteiger partial charge in [-0.2, -0.15) is 26.3 Å². The van der Waals surface area contributed by atoms with Gasteiger partial charge in [-0.3, -0.25) is 9.78 Å². The molecule has 0 aliphatic carbocycles. The van der Waals surface area contributed by atoms with E-state index in [0.717, 1.165) is 25.4 Å². The first-order chi connectivity index (χ1) is 15.3. The normalized spacial score (nSPS) is 11.9. The second-order valence-corrected chi connectivity index (χ2v) is 6.64. The Hall–Kier alpha value is -3.70. The number of halogens is 8. The summed E-state index contributed by atoms with van der Waals surface area (Å²) in [6.45, 7) is 0. The molecule has 33 heavy (non-hydrogen) atoms. The minimum atomic E-state index is -5.14. The molecule has 0 fully saturated rings. The van der Waals surface area contributed by atoms with Crippen LogP contribution in [0.5, 0.6) is 5.75 Å². The lowest BCUT2D eigenvalue weighted by Crippen LogP contribution is -2.17. The zero-order chi connectivity index (χ0) is 24.6. The molecule has 0 bridgehead atoms. The summed E-state index contributed by atoms with van der Waals surface area (Å²) in [6.07, 6.45) is -8.03. The maximum Gasteiger partial charge on any atom is 0.416 e. The molecule has 0 unspecified atom stereocenters. The molecule has 0 saturated heterocycles. The fourth-order valence-electron chi connectivity index (χ4n) is 2.92. The molecule has 2 aromatic carbocycles. The number of alkyl halides is 6. The van der Waals surface area contributed by atoms with Gasteiger partial charge in [0.15, 0.2) is 11.6 Å². The quantitative estimate of drug-likeness (QED) is 0.448. The van der Waals surface area contributed by atoms with Crippen LogP contribution >= 0.6 is 0 Å². The van der Waals surface area contributed by atoms with Crippen LogP contribution < -0.4 is 10.1 Å². The summed E-state index contributed by atoms with van der Waals surface area (Å²) >= 11 is 0. The van der Waals surface area contributed by atoms with Crippen LogP contribution in [0.2, 0.25) is 0 Å². The van der Waals surface area contributed by atoms with Gasteiger partial charge >= 0.3 is 12.4 Å². The molecule has 1 N–H and O–H groups in total. The molecule has 1 heterocycles. The van der Waals surface area contributed by atoms with E-state index in [0.29, 0.717) is 0 Å². The average molecular weight is 476 g/mol. The molecule has 0 aliphatic rings. The van der Waals surface area contributed by atoms with Gasteiger partial charge in [-0.25, -0.2) is 8.78 Å². The Morgan fingerprint density at radius 3 is 2.00 bits per heavy atom. The van der Waals surface area contributed by atoms with E-state index in [2.05, 4.69) is 10.3 Å². The van der Waals surface area contributed by atoms with E-state index >= 15 is 0 Å². The molecule has 12 heteroatoms. The number of carbonyl (C=O) groups excluding carboxylic acids is 1. The van der Waals surface area contributed by atoms with Crippen molar-refractivity contribution < 1.29 is 44.7 Å². The molecule has 0 aliphatic heterocycles. The summed E-state index contributed by atoms with van der Waals surface area (Å²) in [5, 5.41) is 2.16. The lowest BCUT2D eigenvalue weighted by atomic mass is 10.0. The summed E-state index contributed by atoms with van der Waals surface area (Å²) in [6, 6.07) is 3.17. The third-order valence-electron chi connectivity index (χ3n) is 4.45. The number of pyridine rings is 1. The Kier molecular flexibility index (Phi) is 6.30. The van der Waals surface area contributed by atoms with Gasteiger partial charge in [-0.15, -0.1) is 0 Å². The number of hydrogen-bond donors (Lipinski definition) is 1. The van der Waals surface area contributed by atoms with Gasteiger partial charge in [0.25, 0.3) is 5.91 Å². The average Bonchev–Trinajstić information content (AvgIpc) is 2.74. The smallest absolute Gasteiger partial charge is 0.416 e. The van der Waals surface area contributed by atoms with Crippen LogP contribution in [0.3, 0.4) is 0 Å². The molecule has 4 nitrogen and oxygen atoms in total. The number of nitrogens with zero attached hydrogens (tertiary/aromatic N) is 1. The van der Waals surface area contributed by atoms with E-state index in [4.69, 9.17) is 4.74 Å².